The van der Waals surface area contributed by atoms with Gasteiger partial charge in [0.25, 0.3) is 0 Å². The molecule has 36 heavy (non-hydrogen) atoms. The van der Waals surface area contributed by atoms with E-state index < -0.39 is 6.04 Å². The number of nitrogens with one attached hydrogen (secondary N) is 1. The van der Waals surface area contributed by atoms with Gasteiger partial charge in [-0.2, -0.15) is 0 Å². The number of carbonyl (C=O) groups excluding carboxylic acids is 2. The van der Waals surface area contributed by atoms with Crippen molar-refractivity contribution in [2.24, 2.45) is 0 Å². The normalized spacial score (nSPS) is 12.6. The van der Waals surface area contributed by atoms with E-state index in [-0.39, 0.29) is 30.2 Å². The number of halogens is 3. The lowest BCUT2D eigenvalue weighted by molar-refractivity contribution is -0.139. The first kappa shape index (κ1) is 28.4. The molecule has 0 spiro atoms. The van der Waals surface area contributed by atoms with Crippen molar-refractivity contribution in [2.45, 2.75) is 50.2 Å². The van der Waals surface area contributed by atoms with Gasteiger partial charge < -0.3 is 10.2 Å². The van der Waals surface area contributed by atoms with Crippen LogP contribution in [0.15, 0.2) is 77.7 Å². The van der Waals surface area contributed by atoms with Gasteiger partial charge in [0.05, 0.1) is 15.8 Å². The number of amides is 2. The van der Waals surface area contributed by atoms with E-state index in [1.165, 1.54) is 11.8 Å². The molecule has 2 atom stereocenters. The van der Waals surface area contributed by atoms with Gasteiger partial charge in [0.1, 0.15) is 6.04 Å². The SMILES string of the molecule is CCC(C)NC(=O)C(Cc1ccccc1)N(Cc1ccc(Cl)c(Cl)c1)C(=O)CSc1ccc(Cl)cc1. The molecule has 0 aliphatic rings. The second-order valence-electron chi connectivity index (χ2n) is 8.54. The lowest BCUT2D eigenvalue weighted by atomic mass is 10.0. The summed E-state index contributed by atoms with van der Waals surface area (Å²) in [5.41, 5.74) is 1.77. The van der Waals surface area contributed by atoms with E-state index >= 15 is 0 Å². The molecule has 8 heteroatoms. The maximum atomic E-state index is 13.7. The maximum absolute atomic E-state index is 13.7. The highest BCUT2D eigenvalue weighted by Crippen LogP contribution is 2.26. The Morgan fingerprint density at radius 2 is 1.61 bits per heavy atom. The second kappa shape index (κ2) is 13.9. The predicted molar refractivity (Wildman–Crippen MR) is 151 cm³/mol. The molecule has 0 aliphatic heterocycles. The fraction of sp³-hybridized carbons (Fsp3) is 0.286. The summed E-state index contributed by atoms with van der Waals surface area (Å²) in [5.74, 6) is -0.162. The molecule has 190 valence electrons. The molecule has 3 aromatic rings. The van der Waals surface area contributed by atoms with Crippen LogP contribution in [0.2, 0.25) is 15.1 Å². The van der Waals surface area contributed by atoms with E-state index in [9.17, 15) is 9.59 Å². The van der Waals surface area contributed by atoms with Crippen LogP contribution in [0.25, 0.3) is 0 Å². The van der Waals surface area contributed by atoms with Crippen LogP contribution in [0.5, 0.6) is 0 Å². The Morgan fingerprint density at radius 1 is 0.917 bits per heavy atom. The molecule has 3 rings (SSSR count). The Balaban J connectivity index is 1.92. The Kier molecular flexibility index (Phi) is 11.0. The van der Waals surface area contributed by atoms with Crippen LogP contribution in [-0.4, -0.2) is 34.6 Å². The van der Waals surface area contributed by atoms with Gasteiger partial charge in [-0.3, -0.25) is 9.59 Å². The van der Waals surface area contributed by atoms with Crippen LogP contribution in [0.3, 0.4) is 0 Å². The van der Waals surface area contributed by atoms with Crippen molar-refractivity contribution in [2.75, 3.05) is 5.75 Å². The van der Waals surface area contributed by atoms with Gasteiger partial charge in [-0.1, -0.05) is 78.1 Å². The Bertz CT molecular complexity index is 1160. The van der Waals surface area contributed by atoms with Crippen LogP contribution in [0.1, 0.15) is 31.4 Å². The maximum Gasteiger partial charge on any atom is 0.243 e. The molecular weight excluding hydrogens is 535 g/mol. The van der Waals surface area contributed by atoms with Crippen molar-refractivity contribution in [3.05, 3.63) is 99.0 Å². The summed E-state index contributed by atoms with van der Waals surface area (Å²) in [5, 5.41) is 4.55. The molecule has 0 bridgehead atoms. The highest BCUT2D eigenvalue weighted by atomic mass is 35.5. The summed E-state index contributed by atoms with van der Waals surface area (Å²) < 4.78 is 0. The first-order valence-corrected chi connectivity index (χ1v) is 13.8. The number of hydrogen-bond donors (Lipinski definition) is 1. The molecule has 3 aromatic carbocycles. The molecular formula is C28H29Cl3N2O2S. The average molecular weight is 564 g/mol. The third-order valence-corrected chi connectivity index (χ3v) is 7.77. The molecule has 0 aliphatic carbocycles. The Labute approximate surface area is 232 Å². The van der Waals surface area contributed by atoms with Crippen molar-refractivity contribution < 1.29 is 9.59 Å². The molecule has 4 nitrogen and oxygen atoms in total. The van der Waals surface area contributed by atoms with E-state index in [0.717, 1.165) is 22.4 Å². The third kappa shape index (κ3) is 8.45. The topological polar surface area (TPSA) is 49.4 Å². The number of carbonyl (C=O) groups is 2. The predicted octanol–water partition coefficient (Wildman–Crippen LogP) is 7.29. The van der Waals surface area contributed by atoms with Gasteiger partial charge in [0, 0.05) is 28.9 Å². The summed E-state index contributed by atoms with van der Waals surface area (Å²) in [6.45, 7) is 4.19. The van der Waals surface area contributed by atoms with E-state index in [1.807, 2.05) is 62.4 Å². The van der Waals surface area contributed by atoms with Crippen LogP contribution in [-0.2, 0) is 22.6 Å². The van der Waals surface area contributed by atoms with Crippen LogP contribution < -0.4 is 5.32 Å². The third-order valence-electron chi connectivity index (χ3n) is 5.79. The van der Waals surface area contributed by atoms with Crippen LogP contribution >= 0.6 is 46.6 Å². The van der Waals surface area contributed by atoms with E-state index in [0.29, 0.717) is 21.5 Å². The highest BCUT2D eigenvalue weighted by Gasteiger charge is 2.31. The van der Waals surface area contributed by atoms with Crippen LogP contribution in [0.4, 0.5) is 0 Å². The second-order valence-corrected chi connectivity index (χ2v) is 10.8. The van der Waals surface area contributed by atoms with Gasteiger partial charge >= 0.3 is 0 Å². The number of hydrogen-bond acceptors (Lipinski definition) is 3. The zero-order valence-electron chi connectivity index (χ0n) is 20.2. The largest absolute Gasteiger partial charge is 0.352 e. The molecule has 1 N–H and O–H groups in total. The first-order chi connectivity index (χ1) is 17.3. The molecule has 0 saturated heterocycles. The number of thioether (sulfide) groups is 1. The molecule has 0 heterocycles. The quantitative estimate of drug-likeness (QED) is 0.249. The lowest BCUT2D eigenvalue weighted by Gasteiger charge is -2.32. The minimum absolute atomic E-state index is 0.0128. The molecule has 0 saturated carbocycles. The summed E-state index contributed by atoms with van der Waals surface area (Å²) >= 11 is 19.8. The lowest BCUT2D eigenvalue weighted by Crippen LogP contribution is -2.52. The zero-order valence-corrected chi connectivity index (χ0v) is 23.3. The van der Waals surface area contributed by atoms with Crippen molar-refractivity contribution in [1.82, 2.24) is 10.2 Å². The highest BCUT2D eigenvalue weighted by molar-refractivity contribution is 8.00. The monoisotopic (exact) mass is 562 g/mol. The minimum Gasteiger partial charge on any atom is -0.352 e. The van der Waals surface area contributed by atoms with Crippen molar-refractivity contribution in [3.8, 4) is 0 Å². The van der Waals surface area contributed by atoms with Crippen molar-refractivity contribution in [3.63, 3.8) is 0 Å². The summed E-state index contributed by atoms with van der Waals surface area (Å²) in [6, 6.07) is 21.6. The summed E-state index contributed by atoms with van der Waals surface area (Å²) in [7, 11) is 0. The molecule has 0 fully saturated rings. The standard InChI is InChI=1S/C28H29Cl3N2O2S/c1-3-19(2)32-28(35)26(16-20-7-5-4-6-8-20)33(17-21-9-14-24(30)25(31)15-21)27(34)18-36-23-12-10-22(29)11-13-23/h4-15,19,26H,3,16-18H2,1-2H3,(H,32,35). The zero-order chi connectivity index (χ0) is 26.1. The average Bonchev–Trinajstić information content (AvgIpc) is 2.88. The number of benzene rings is 3. The first-order valence-electron chi connectivity index (χ1n) is 11.7. The summed E-state index contributed by atoms with van der Waals surface area (Å²) in [4.78, 5) is 29.8. The number of nitrogens with zero attached hydrogens (tertiary/aromatic N) is 1. The van der Waals surface area contributed by atoms with Gasteiger partial charge in [-0.25, -0.2) is 0 Å². The Morgan fingerprint density at radius 3 is 2.25 bits per heavy atom. The van der Waals surface area contributed by atoms with E-state index in [1.54, 1.807) is 29.2 Å². The van der Waals surface area contributed by atoms with Gasteiger partial charge in [0.2, 0.25) is 11.8 Å². The fourth-order valence-electron chi connectivity index (χ4n) is 3.59. The van der Waals surface area contributed by atoms with E-state index in [4.69, 9.17) is 34.8 Å². The minimum atomic E-state index is -0.700. The van der Waals surface area contributed by atoms with Gasteiger partial charge in [0.15, 0.2) is 0 Å². The fourth-order valence-corrected chi connectivity index (χ4v) is 4.82. The smallest absolute Gasteiger partial charge is 0.243 e. The molecule has 0 radical (unpaired) electrons. The molecule has 0 aromatic heterocycles. The molecule has 2 amide bonds. The van der Waals surface area contributed by atoms with Crippen LogP contribution in [0, 0.1) is 0 Å². The van der Waals surface area contributed by atoms with Crippen molar-refractivity contribution in [1.29, 1.82) is 0 Å². The Hall–Kier alpha value is -2.18. The van der Waals surface area contributed by atoms with Crippen molar-refractivity contribution >= 4 is 58.4 Å². The molecule has 2 unspecified atom stereocenters. The van der Waals surface area contributed by atoms with E-state index in [2.05, 4.69) is 5.32 Å². The van der Waals surface area contributed by atoms with Gasteiger partial charge in [-0.15, -0.1) is 11.8 Å². The summed E-state index contributed by atoms with van der Waals surface area (Å²) in [6.07, 6.45) is 1.18. The van der Waals surface area contributed by atoms with Gasteiger partial charge in [-0.05, 0) is 60.9 Å². The number of rotatable bonds is 11.